The maximum atomic E-state index is 11.7. The number of amides is 2. The van der Waals surface area contributed by atoms with E-state index in [1.165, 1.54) is 11.3 Å². The van der Waals surface area contributed by atoms with Crippen LogP contribution in [0.1, 0.15) is 0 Å². The predicted octanol–water partition coefficient (Wildman–Crippen LogP) is 1.85. The number of thiazole rings is 1. The van der Waals surface area contributed by atoms with Crippen molar-refractivity contribution < 1.29 is 19.4 Å². The highest BCUT2D eigenvalue weighted by Gasteiger charge is 2.49. The number of aromatic nitrogens is 1. The molecule has 1 spiro atoms. The van der Waals surface area contributed by atoms with Gasteiger partial charge in [-0.3, -0.25) is 4.79 Å². The number of nitrogens with zero attached hydrogens (tertiary/aromatic N) is 2. The lowest BCUT2D eigenvalue weighted by Gasteiger charge is -2.56. The summed E-state index contributed by atoms with van der Waals surface area (Å²) in [6.07, 6.45) is -1.24. The summed E-state index contributed by atoms with van der Waals surface area (Å²) in [5, 5.41) is 15.4. The Labute approximate surface area is 153 Å². The van der Waals surface area contributed by atoms with Crippen LogP contribution in [-0.2, 0) is 9.53 Å². The molecule has 3 heterocycles. The summed E-state index contributed by atoms with van der Waals surface area (Å²) in [6.45, 7) is 3.45. The second-order valence-corrected chi connectivity index (χ2v) is 7.50. The standard InChI is InChI=1S/C17H18N4O4S/c22-14(5-18-16(23)24)20-15-19-13(6-26-15)11-2-1-3-12(4-11)21-7-17(8-21)9-25-10-17/h1-4,6,18H,5,7-10H2,(H,23,24)(H,19,20,22). The van der Waals surface area contributed by atoms with E-state index in [1.54, 1.807) is 0 Å². The van der Waals surface area contributed by atoms with Crippen molar-refractivity contribution in [1.82, 2.24) is 10.3 Å². The van der Waals surface area contributed by atoms with E-state index in [1.807, 2.05) is 22.8 Å². The molecule has 3 N–H and O–H groups in total. The molecule has 2 aliphatic rings. The fourth-order valence-electron chi connectivity index (χ4n) is 3.16. The summed E-state index contributed by atoms with van der Waals surface area (Å²) in [7, 11) is 0. The average Bonchev–Trinajstić information content (AvgIpc) is 2.99. The van der Waals surface area contributed by atoms with Gasteiger partial charge in [0.1, 0.15) is 6.54 Å². The Kier molecular flexibility index (Phi) is 4.25. The molecule has 1 aromatic heterocycles. The maximum Gasteiger partial charge on any atom is 0.405 e. The number of carboxylic acid groups (broad SMARTS) is 1. The Morgan fingerprint density at radius 1 is 1.35 bits per heavy atom. The third kappa shape index (κ3) is 3.35. The third-order valence-corrected chi connectivity index (χ3v) is 5.28. The van der Waals surface area contributed by atoms with Crippen molar-refractivity contribution in [2.45, 2.75) is 0 Å². The van der Waals surface area contributed by atoms with Gasteiger partial charge in [-0.25, -0.2) is 9.78 Å². The third-order valence-electron chi connectivity index (χ3n) is 4.53. The zero-order valence-electron chi connectivity index (χ0n) is 13.9. The fourth-order valence-corrected chi connectivity index (χ4v) is 3.90. The van der Waals surface area contributed by atoms with Crippen molar-refractivity contribution in [2.24, 2.45) is 5.41 Å². The van der Waals surface area contributed by atoms with Crippen molar-refractivity contribution in [1.29, 1.82) is 0 Å². The topological polar surface area (TPSA) is 104 Å². The van der Waals surface area contributed by atoms with Gasteiger partial charge in [-0.05, 0) is 12.1 Å². The van der Waals surface area contributed by atoms with Crippen LogP contribution in [0, 0.1) is 5.41 Å². The van der Waals surface area contributed by atoms with Crippen LogP contribution in [0.5, 0.6) is 0 Å². The zero-order valence-corrected chi connectivity index (χ0v) is 14.7. The fraction of sp³-hybridized carbons (Fsp3) is 0.353. The first-order chi connectivity index (χ1) is 12.5. The van der Waals surface area contributed by atoms with Gasteiger partial charge in [-0.2, -0.15) is 0 Å². The molecule has 2 saturated heterocycles. The Bertz CT molecular complexity index is 841. The van der Waals surface area contributed by atoms with E-state index in [2.05, 4.69) is 27.3 Å². The van der Waals surface area contributed by atoms with Gasteiger partial charge in [0.25, 0.3) is 0 Å². The highest BCUT2D eigenvalue weighted by atomic mass is 32.1. The second-order valence-electron chi connectivity index (χ2n) is 6.64. The van der Waals surface area contributed by atoms with Gasteiger partial charge in [-0.15, -0.1) is 11.3 Å². The van der Waals surface area contributed by atoms with E-state index in [0.29, 0.717) is 10.5 Å². The van der Waals surface area contributed by atoms with E-state index >= 15 is 0 Å². The zero-order chi connectivity index (χ0) is 18.1. The van der Waals surface area contributed by atoms with Gasteiger partial charge in [0.15, 0.2) is 5.13 Å². The van der Waals surface area contributed by atoms with Crippen LogP contribution in [-0.4, -0.2) is 54.9 Å². The number of nitrogens with one attached hydrogen (secondary N) is 2. The van der Waals surface area contributed by atoms with Crippen LogP contribution in [0.25, 0.3) is 11.3 Å². The minimum Gasteiger partial charge on any atom is -0.465 e. The first kappa shape index (κ1) is 16.8. The predicted molar refractivity (Wildman–Crippen MR) is 97.7 cm³/mol. The smallest absolute Gasteiger partial charge is 0.405 e. The highest BCUT2D eigenvalue weighted by molar-refractivity contribution is 7.14. The van der Waals surface area contributed by atoms with Gasteiger partial charge < -0.3 is 25.4 Å². The number of rotatable bonds is 5. The van der Waals surface area contributed by atoms with Crippen molar-refractivity contribution >= 4 is 34.2 Å². The average molecular weight is 374 g/mol. The molecule has 9 heteroatoms. The van der Waals surface area contributed by atoms with E-state index in [4.69, 9.17) is 9.84 Å². The number of benzene rings is 1. The molecule has 2 fully saturated rings. The minimum absolute atomic E-state index is 0.305. The molecule has 4 rings (SSSR count). The lowest BCUT2D eigenvalue weighted by atomic mass is 9.77. The van der Waals surface area contributed by atoms with Gasteiger partial charge >= 0.3 is 6.09 Å². The molecule has 2 aromatic rings. The molecular formula is C17H18N4O4S. The number of carbonyl (C=O) groups is 2. The Hall–Kier alpha value is -2.65. The minimum atomic E-state index is -1.24. The first-order valence-corrected chi connectivity index (χ1v) is 9.06. The van der Waals surface area contributed by atoms with Crippen molar-refractivity contribution in [2.75, 3.05) is 43.1 Å². The van der Waals surface area contributed by atoms with E-state index < -0.39 is 12.0 Å². The maximum absolute atomic E-state index is 11.7. The van der Waals surface area contributed by atoms with E-state index in [0.717, 1.165) is 43.2 Å². The molecule has 1 aromatic carbocycles. The molecule has 0 aliphatic carbocycles. The molecule has 2 aliphatic heterocycles. The molecular weight excluding hydrogens is 356 g/mol. The van der Waals surface area contributed by atoms with E-state index in [9.17, 15) is 9.59 Å². The van der Waals surface area contributed by atoms with Crippen molar-refractivity contribution in [3.05, 3.63) is 29.6 Å². The molecule has 26 heavy (non-hydrogen) atoms. The van der Waals surface area contributed by atoms with Gasteiger partial charge in [0, 0.05) is 29.7 Å². The van der Waals surface area contributed by atoms with Gasteiger partial charge in [-0.1, -0.05) is 12.1 Å². The lowest BCUT2D eigenvalue weighted by Crippen LogP contribution is -2.66. The molecule has 0 radical (unpaired) electrons. The Balaban J connectivity index is 1.40. The molecule has 0 unspecified atom stereocenters. The summed E-state index contributed by atoms with van der Waals surface area (Å²) in [6, 6.07) is 8.17. The number of anilines is 2. The normalized spacial score (nSPS) is 17.3. The number of hydrogen-bond donors (Lipinski definition) is 3. The van der Waals surface area contributed by atoms with Crippen LogP contribution in [0.3, 0.4) is 0 Å². The number of carbonyl (C=O) groups excluding carboxylic acids is 1. The SMILES string of the molecule is O=C(O)NCC(=O)Nc1nc(-c2cccc(N3CC4(COC4)C3)c2)cs1. The largest absolute Gasteiger partial charge is 0.465 e. The molecule has 0 saturated carbocycles. The number of hydrogen-bond acceptors (Lipinski definition) is 6. The monoisotopic (exact) mass is 374 g/mol. The Morgan fingerprint density at radius 2 is 2.15 bits per heavy atom. The van der Waals surface area contributed by atoms with Gasteiger partial charge in [0.05, 0.1) is 24.3 Å². The molecule has 0 atom stereocenters. The van der Waals surface area contributed by atoms with Crippen molar-refractivity contribution in [3.63, 3.8) is 0 Å². The van der Waals surface area contributed by atoms with Crippen LogP contribution in [0.2, 0.25) is 0 Å². The molecule has 0 bridgehead atoms. The summed E-state index contributed by atoms with van der Waals surface area (Å²) in [5.74, 6) is -0.448. The quantitative estimate of drug-likeness (QED) is 0.738. The van der Waals surface area contributed by atoms with E-state index in [-0.39, 0.29) is 6.54 Å². The van der Waals surface area contributed by atoms with Crippen LogP contribution < -0.4 is 15.5 Å². The molecule has 2 amide bonds. The highest BCUT2D eigenvalue weighted by Crippen LogP contribution is 2.41. The van der Waals surface area contributed by atoms with Crippen LogP contribution in [0.4, 0.5) is 15.6 Å². The molecule has 8 nitrogen and oxygen atoms in total. The summed E-state index contributed by atoms with van der Waals surface area (Å²) >= 11 is 1.31. The molecule has 136 valence electrons. The first-order valence-electron chi connectivity index (χ1n) is 8.18. The Morgan fingerprint density at radius 3 is 2.85 bits per heavy atom. The van der Waals surface area contributed by atoms with Gasteiger partial charge in [0.2, 0.25) is 5.91 Å². The summed E-state index contributed by atoms with van der Waals surface area (Å²) in [4.78, 5) is 28.8. The number of ether oxygens (including phenoxy) is 1. The van der Waals surface area contributed by atoms with Crippen LogP contribution >= 0.6 is 11.3 Å². The van der Waals surface area contributed by atoms with Crippen LogP contribution in [0.15, 0.2) is 29.6 Å². The summed E-state index contributed by atoms with van der Waals surface area (Å²) < 4.78 is 5.32. The summed E-state index contributed by atoms with van der Waals surface area (Å²) in [5.41, 5.74) is 3.27. The lowest BCUT2D eigenvalue weighted by molar-refractivity contribution is -0.127. The van der Waals surface area contributed by atoms with Crippen molar-refractivity contribution in [3.8, 4) is 11.3 Å². The second kappa shape index (κ2) is 6.58.